The zero-order valence-corrected chi connectivity index (χ0v) is 13.5. The summed E-state index contributed by atoms with van der Waals surface area (Å²) in [6.07, 6.45) is 7.82. The van der Waals surface area contributed by atoms with E-state index in [2.05, 4.69) is 50.0 Å². The summed E-state index contributed by atoms with van der Waals surface area (Å²) in [5.74, 6) is 0. The van der Waals surface area contributed by atoms with Gasteiger partial charge in [0.2, 0.25) is 0 Å². The van der Waals surface area contributed by atoms with E-state index in [-0.39, 0.29) is 0 Å². The third-order valence-corrected chi connectivity index (χ3v) is 2.60. The SMILES string of the molecule is BrCC[n+]1ccc(-c2ccncc2)cc1.F[P-](F)(F)(F)(F)F. The Morgan fingerprint density at radius 3 is 1.68 bits per heavy atom. The molecule has 124 valence electrons. The van der Waals surface area contributed by atoms with Gasteiger partial charge < -0.3 is 0 Å². The first kappa shape index (κ1) is 18.8. The molecule has 2 rings (SSSR count). The molecule has 0 saturated heterocycles. The van der Waals surface area contributed by atoms with Gasteiger partial charge in [-0.3, -0.25) is 4.98 Å². The molecule has 10 heteroatoms. The van der Waals surface area contributed by atoms with E-state index in [1.807, 2.05) is 24.5 Å². The van der Waals surface area contributed by atoms with Crippen LogP contribution >= 0.6 is 23.7 Å². The molecule has 0 saturated carbocycles. The van der Waals surface area contributed by atoms with Gasteiger partial charge in [-0.1, -0.05) is 15.9 Å². The summed E-state index contributed by atoms with van der Waals surface area (Å²) in [4.78, 5) is 4.01. The van der Waals surface area contributed by atoms with Gasteiger partial charge in [-0.15, -0.1) is 0 Å². The maximum atomic E-state index is 9.87. The molecule has 0 N–H and O–H groups in total. The fourth-order valence-electron chi connectivity index (χ4n) is 1.44. The minimum absolute atomic E-state index is 0.978. The van der Waals surface area contributed by atoms with E-state index in [1.165, 1.54) is 11.1 Å². The van der Waals surface area contributed by atoms with E-state index >= 15 is 0 Å². The Bertz CT molecular complexity index is 589. The second kappa shape index (κ2) is 6.12. The summed E-state index contributed by atoms with van der Waals surface area (Å²) in [5, 5.41) is 0.978. The molecular formula is C12H12BrF6N2P. The van der Waals surface area contributed by atoms with Crippen LogP contribution in [0.2, 0.25) is 0 Å². The topological polar surface area (TPSA) is 16.8 Å². The zero-order valence-electron chi connectivity index (χ0n) is 11.0. The quantitative estimate of drug-likeness (QED) is 0.271. The van der Waals surface area contributed by atoms with Crippen molar-refractivity contribution < 1.29 is 29.7 Å². The van der Waals surface area contributed by atoms with Gasteiger partial charge in [-0.05, 0) is 23.3 Å². The number of pyridine rings is 2. The Hall–Kier alpha value is -1.21. The van der Waals surface area contributed by atoms with Crippen molar-refractivity contribution in [2.75, 3.05) is 5.33 Å². The predicted molar refractivity (Wildman–Crippen MR) is 77.2 cm³/mol. The van der Waals surface area contributed by atoms with E-state index in [0.29, 0.717) is 0 Å². The minimum atomic E-state index is -10.7. The normalized spacial score (nSPS) is 14.3. The average Bonchev–Trinajstić information content (AvgIpc) is 2.37. The van der Waals surface area contributed by atoms with Crippen LogP contribution in [0.15, 0.2) is 49.1 Å². The Balaban J connectivity index is 0.000000295. The van der Waals surface area contributed by atoms with Gasteiger partial charge in [0.1, 0.15) is 0 Å². The van der Waals surface area contributed by atoms with E-state index in [1.54, 1.807) is 0 Å². The Labute approximate surface area is 131 Å². The number of nitrogens with zero attached hydrogens (tertiary/aromatic N) is 2. The van der Waals surface area contributed by atoms with E-state index in [9.17, 15) is 25.2 Å². The predicted octanol–water partition coefficient (Wildman–Crippen LogP) is 5.81. The second-order valence-electron chi connectivity index (χ2n) is 4.21. The van der Waals surface area contributed by atoms with Crippen molar-refractivity contribution in [3.8, 4) is 11.1 Å². The molecule has 0 aliphatic heterocycles. The number of rotatable bonds is 3. The number of hydrogen-bond acceptors (Lipinski definition) is 1. The van der Waals surface area contributed by atoms with Crippen molar-refractivity contribution in [1.29, 1.82) is 0 Å². The van der Waals surface area contributed by atoms with Crippen LogP contribution in [0, 0.1) is 0 Å². The molecule has 2 aromatic rings. The molecule has 0 aliphatic carbocycles. The first-order valence-corrected chi connectivity index (χ1v) is 9.02. The molecule has 0 bridgehead atoms. The van der Waals surface area contributed by atoms with Gasteiger partial charge in [-0.25, -0.2) is 4.57 Å². The third kappa shape index (κ3) is 10.5. The first-order valence-electron chi connectivity index (χ1n) is 5.87. The van der Waals surface area contributed by atoms with Gasteiger partial charge in [-0.2, -0.15) is 0 Å². The molecule has 0 spiro atoms. The van der Waals surface area contributed by atoms with Gasteiger partial charge >= 0.3 is 33.0 Å². The summed E-state index contributed by atoms with van der Waals surface area (Å²) in [5.41, 5.74) is 2.43. The first-order chi connectivity index (χ1) is 9.85. The molecule has 0 atom stereocenters. The van der Waals surface area contributed by atoms with Crippen molar-refractivity contribution in [3.05, 3.63) is 49.1 Å². The summed E-state index contributed by atoms with van der Waals surface area (Å²) in [6, 6.07) is 8.28. The van der Waals surface area contributed by atoms with Crippen molar-refractivity contribution in [1.82, 2.24) is 4.98 Å². The Morgan fingerprint density at radius 2 is 1.27 bits per heavy atom. The molecular weight excluding hydrogens is 397 g/mol. The van der Waals surface area contributed by atoms with Crippen LogP contribution in [0.3, 0.4) is 0 Å². The van der Waals surface area contributed by atoms with Crippen LogP contribution in [-0.2, 0) is 6.54 Å². The van der Waals surface area contributed by atoms with Crippen LogP contribution in [0.1, 0.15) is 0 Å². The molecule has 2 nitrogen and oxygen atoms in total. The van der Waals surface area contributed by atoms with Gasteiger partial charge in [0.05, 0.1) is 5.33 Å². The number of aryl methyl sites for hydroxylation is 1. The van der Waals surface area contributed by atoms with Crippen LogP contribution in [0.4, 0.5) is 25.2 Å². The fourth-order valence-corrected chi connectivity index (χ4v) is 1.85. The maximum absolute atomic E-state index is 10.7. The molecule has 2 heterocycles. The van der Waals surface area contributed by atoms with Crippen LogP contribution < -0.4 is 4.57 Å². The van der Waals surface area contributed by atoms with E-state index in [0.717, 1.165) is 11.9 Å². The zero-order chi connectivity index (χ0) is 16.9. The molecule has 0 aliphatic rings. The monoisotopic (exact) mass is 408 g/mol. The molecule has 2 aromatic heterocycles. The Morgan fingerprint density at radius 1 is 0.864 bits per heavy atom. The van der Waals surface area contributed by atoms with Crippen molar-refractivity contribution in [3.63, 3.8) is 0 Å². The molecule has 0 unspecified atom stereocenters. The molecule has 0 amide bonds. The standard InChI is InChI=1S/C12H12BrN2.F6P/c13-5-10-15-8-3-12(4-9-15)11-1-6-14-7-2-11;1-7(2,3,4,5)6/h1-4,6-9H,5,10H2;/q+1;-1. The van der Waals surface area contributed by atoms with Gasteiger partial charge in [0.25, 0.3) is 0 Å². The van der Waals surface area contributed by atoms with Crippen LogP contribution in [-0.4, -0.2) is 10.3 Å². The van der Waals surface area contributed by atoms with Gasteiger partial charge in [0, 0.05) is 24.5 Å². The fraction of sp³-hybridized carbons (Fsp3) is 0.167. The second-order valence-corrected chi connectivity index (χ2v) is 6.92. The van der Waals surface area contributed by atoms with Crippen molar-refractivity contribution in [2.45, 2.75) is 6.54 Å². The number of halogens is 7. The number of aromatic nitrogens is 2. The average molecular weight is 409 g/mol. The molecule has 0 fully saturated rings. The van der Waals surface area contributed by atoms with Crippen LogP contribution in [0.25, 0.3) is 11.1 Å². The Kier molecular flexibility index (Phi) is 5.24. The summed E-state index contributed by atoms with van der Waals surface area (Å²) in [7, 11) is -10.7. The molecule has 22 heavy (non-hydrogen) atoms. The molecule has 0 radical (unpaired) electrons. The van der Waals surface area contributed by atoms with Crippen LogP contribution in [0.5, 0.6) is 0 Å². The summed E-state index contributed by atoms with van der Waals surface area (Å²) >= 11 is 3.42. The number of hydrogen-bond donors (Lipinski definition) is 0. The third-order valence-electron chi connectivity index (χ3n) is 2.25. The van der Waals surface area contributed by atoms with Gasteiger partial charge in [0.15, 0.2) is 18.9 Å². The summed E-state index contributed by atoms with van der Waals surface area (Å²) in [6.45, 7) is 0.997. The number of alkyl halides is 1. The van der Waals surface area contributed by atoms with E-state index in [4.69, 9.17) is 0 Å². The van der Waals surface area contributed by atoms with Crippen molar-refractivity contribution in [2.24, 2.45) is 0 Å². The van der Waals surface area contributed by atoms with E-state index < -0.39 is 7.81 Å². The summed E-state index contributed by atoms with van der Waals surface area (Å²) < 4.78 is 61.3. The van der Waals surface area contributed by atoms with Crippen molar-refractivity contribution >= 4 is 23.7 Å². The molecule has 0 aromatic carbocycles.